The lowest BCUT2D eigenvalue weighted by Gasteiger charge is -2.06. The number of hydrogen-bond acceptors (Lipinski definition) is 5. The number of aryl methyl sites for hydroxylation is 2. The molecule has 0 fully saturated rings. The van der Waals surface area contributed by atoms with Gasteiger partial charge in [-0.15, -0.1) is 0 Å². The van der Waals surface area contributed by atoms with E-state index in [9.17, 15) is 0 Å². The first kappa shape index (κ1) is 11.9. The molecule has 17 heavy (non-hydrogen) atoms. The molecular weight excluding hydrogens is 234 g/mol. The van der Waals surface area contributed by atoms with E-state index >= 15 is 0 Å². The molecule has 2 rings (SSSR count). The van der Waals surface area contributed by atoms with Gasteiger partial charge < -0.3 is 9.88 Å². The lowest BCUT2D eigenvalue weighted by atomic mass is 10.5. The third-order valence-electron chi connectivity index (χ3n) is 2.14. The second-order valence-corrected chi connectivity index (χ2v) is 4.61. The summed E-state index contributed by atoms with van der Waals surface area (Å²) < 4.78 is 1.97. The molecule has 6 heteroatoms. The second-order valence-electron chi connectivity index (χ2n) is 3.62. The van der Waals surface area contributed by atoms with Crippen molar-refractivity contribution >= 4 is 17.7 Å². The van der Waals surface area contributed by atoms with Crippen molar-refractivity contribution in [3.05, 3.63) is 24.2 Å². The van der Waals surface area contributed by atoms with Crippen LogP contribution in [-0.2, 0) is 7.05 Å². The smallest absolute Gasteiger partial charge is 0.223 e. The average Bonchev–Trinajstić information content (AvgIpc) is 2.64. The van der Waals surface area contributed by atoms with Gasteiger partial charge >= 0.3 is 0 Å². The lowest BCUT2D eigenvalue weighted by Crippen LogP contribution is -2.03. The number of rotatable bonds is 4. The van der Waals surface area contributed by atoms with Crippen LogP contribution in [0.4, 0.5) is 5.95 Å². The quantitative estimate of drug-likeness (QED) is 0.841. The van der Waals surface area contributed by atoms with Crippen LogP contribution in [0.1, 0.15) is 12.6 Å². The maximum atomic E-state index is 4.43. The Kier molecular flexibility index (Phi) is 3.63. The third-order valence-corrected chi connectivity index (χ3v) is 3.13. The highest BCUT2D eigenvalue weighted by Gasteiger charge is 2.06. The van der Waals surface area contributed by atoms with Crippen molar-refractivity contribution in [3.8, 4) is 0 Å². The van der Waals surface area contributed by atoms with Crippen molar-refractivity contribution in [2.24, 2.45) is 7.05 Å². The van der Waals surface area contributed by atoms with Crippen molar-refractivity contribution in [2.75, 3.05) is 11.9 Å². The van der Waals surface area contributed by atoms with E-state index in [2.05, 4.69) is 20.3 Å². The summed E-state index contributed by atoms with van der Waals surface area (Å²) in [6.07, 6.45) is 3.70. The minimum absolute atomic E-state index is 0.671. The normalized spacial score (nSPS) is 10.5. The standard InChI is InChI=1S/C11H15N5S/c1-4-12-10-14-8(2)7-9(15-10)17-11-13-5-6-16(11)3/h5-7H,4H2,1-3H3,(H,12,14,15). The monoisotopic (exact) mass is 249 g/mol. The van der Waals surface area contributed by atoms with Crippen LogP contribution < -0.4 is 5.32 Å². The number of nitrogens with zero attached hydrogens (tertiary/aromatic N) is 4. The van der Waals surface area contributed by atoms with Gasteiger partial charge in [0.15, 0.2) is 5.16 Å². The van der Waals surface area contributed by atoms with Crippen molar-refractivity contribution in [3.63, 3.8) is 0 Å². The van der Waals surface area contributed by atoms with Gasteiger partial charge in [0.25, 0.3) is 0 Å². The van der Waals surface area contributed by atoms with Crippen LogP contribution in [0, 0.1) is 6.92 Å². The first-order valence-corrected chi connectivity index (χ1v) is 6.25. The van der Waals surface area contributed by atoms with E-state index in [-0.39, 0.29) is 0 Å². The fourth-order valence-corrected chi connectivity index (χ4v) is 2.24. The predicted octanol–water partition coefficient (Wildman–Crippen LogP) is 2.10. The molecule has 0 radical (unpaired) electrons. The van der Waals surface area contributed by atoms with Crippen molar-refractivity contribution in [1.29, 1.82) is 0 Å². The number of hydrogen-bond donors (Lipinski definition) is 1. The summed E-state index contributed by atoms with van der Waals surface area (Å²) in [6.45, 7) is 4.80. The first-order chi connectivity index (χ1) is 8.19. The third kappa shape index (κ3) is 2.97. The summed E-state index contributed by atoms with van der Waals surface area (Å²) in [5, 5.41) is 4.95. The lowest BCUT2D eigenvalue weighted by molar-refractivity contribution is 0.788. The largest absolute Gasteiger partial charge is 0.354 e. The molecule has 0 atom stereocenters. The van der Waals surface area contributed by atoms with Gasteiger partial charge in [0.1, 0.15) is 5.03 Å². The molecule has 0 aliphatic carbocycles. The Hall–Kier alpha value is -1.56. The Morgan fingerprint density at radius 1 is 1.41 bits per heavy atom. The van der Waals surface area contributed by atoms with Crippen LogP contribution in [0.2, 0.25) is 0 Å². The van der Waals surface area contributed by atoms with Crippen LogP contribution in [0.15, 0.2) is 28.6 Å². The van der Waals surface area contributed by atoms with E-state index in [4.69, 9.17) is 0 Å². The summed E-state index contributed by atoms with van der Waals surface area (Å²) in [4.78, 5) is 13.0. The molecule has 5 nitrogen and oxygen atoms in total. The molecule has 0 bridgehead atoms. The van der Waals surface area contributed by atoms with Gasteiger partial charge in [-0.25, -0.2) is 15.0 Å². The molecule has 0 saturated heterocycles. The van der Waals surface area contributed by atoms with Gasteiger partial charge in [-0.3, -0.25) is 0 Å². The zero-order valence-corrected chi connectivity index (χ0v) is 11.0. The van der Waals surface area contributed by atoms with Gasteiger partial charge in [-0.1, -0.05) is 0 Å². The summed E-state index contributed by atoms with van der Waals surface area (Å²) >= 11 is 1.54. The van der Waals surface area contributed by atoms with Gasteiger partial charge in [0.05, 0.1) is 0 Å². The number of imidazole rings is 1. The molecule has 0 aliphatic heterocycles. The molecule has 0 aromatic carbocycles. The van der Waals surface area contributed by atoms with Gasteiger partial charge in [0.2, 0.25) is 5.95 Å². The van der Waals surface area contributed by atoms with E-state index in [1.165, 1.54) is 11.8 Å². The highest BCUT2D eigenvalue weighted by molar-refractivity contribution is 7.99. The van der Waals surface area contributed by atoms with Crippen molar-refractivity contribution in [1.82, 2.24) is 19.5 Å². The molecule has 2 heterocycles. The van der Waals surface area contributed by atoms with Gasteiger partial charge in [-0.05, 0) is 31.7 Å². The van der Waals surface area contributed by atoms with Gasteiger partial charge in [0, 0.05) is 31.7 Å². The van der Waals surface area contributed by atoms with Gasteiger partial charge in [-0.2, -0.15) is 0 Å². The minimum Gasteiger partial charge on any atom is -0.354 e. The van der Waals surface area contributed by atoms with Crippen molar-refractivity contribution < 1.29 is 0 Å². The topological polar surface area (TPSA) is 55.6 Å². The number of anilines is 1. The Morgan fingerprint density at radius 2 is 2.24 bits per heavy atom. The number of aromatic nitrogens is 4. The Bertz CT molecular complexity index is 508. The molecule has 90 valence electrons. The average molecular weight is 249 g/mol. The molecule has 0 spiro atoms. The van der Waals surface area contributed by atoms with E-state index in [0.29, 0.717) is 5.95 Å². The molecule has 2 aromatic heterocycles. The first-order valence-electron chi connectivity index (χ1n) is 5.43. The number of nitrogens with one attached hydrogen (secondary N) is 1. The second kappa shape index (κ2) is 5.18. The SMILES string of the molecule is CCNc1nc(C)cc(Sc2nccn2C)n1. The molecule has 0 saturated carbocycles. The maximum absolute atomic E-state index is 4.43. The predicted molar refractivity (Wildman–Crippen MR) is 68.3 cm³/mol. The summed E-state index contributed by atoms with van der Waals surface area (Å²) in [5.74, 6) is 0.671. The molecule has 1 N–H and O–H groups in total. The Morgan fingerprint density at radius 3 is 2.88 bits per heavy atom. The highest BCUT2D eigenvalue weighted by Crippen LogP contribution is 2.24. The van der Waals surface area contributed by atoms with Crippen LogP contribution in [-0.4, -0.2) is 26.1 Å². The van der Waals surface area contributed by atoms with E-state index in [1.807, 2.05) is 37.7 Å². The van der Waals surface area contributed by atoms with E-state index in [1.54, 1.807) is 6.20 Å². The molecule has 0 unspecified atom stereocenters. The zero-order valence-electron chi connectivity index (χ0n) is 10.1. The summed E-state index contributed by atoms with van der Waals surface area (Å²) in [6, 6.07) is 1.96. The van der Waals surface area contributed by atoms with Crippen LogP contribution >= 0.6 is 11.8 Å². The minimum atomic E-state index is 0.671. The molecule has 0 aliphatic rings. The fourth-order valence-electron chi connectivity index (χ4n) is 1.37. The highest BCUT2D eigenvalue weighted by atomic mass is 32.2. The molecular formula is C11H15N5S. The van der Waals surface area contributed by atoms with Crippen LogP contribution in [0.5, 0.6) is 0 Å². The van der Waals surface area contributed by atoms with E-state index in [0.717, 1.165) is 22.4 Å². The Labute approximate surface area is 105 Å². The fraction of sp³-hybridized carbons (Fsp3) is 0.364. The maximum Gasteiger partial charge on any atom is 0.223 e. The Balaban J connectivity index is 2.23. The summed E-state index contributed by atoms with van der Waals surface area (Å²) in [7, 11) is 1.97. The van der Waals surface area contributed by atoms with E-state index < -0.39 is 0 Å². The molecule has 0 amide bonds. The summed E-state index contributed by atoms with van der Waals surface area (Å²) in [5.41, 5.74) is 0.952. The molecule has 2 aromatic rings. The zero-order chi connectivity index (χ0) is 12.3. The van der Waals surface area contributed by atoms with Crippen LogP contribution in [0.25, 0.3) is 0 Å². The van der Waals surface area contributed by atoms with Crippen molar-refractivity contribution in [2.45, 2.75) is 24.0 Å². The van der Waals surface area contributed by atoms with Crippen LogP contribution in [0.3, 0.4) is 0 Å².